The van der Waals surface area contributed by atoms with Crippen molar-refractivity contribution >= 4 is 15.9 Å². The highest BCUT2D eigenvalue weighted by Gasteiger charge is 2.15. The zero-order valence-electron chi connectivity index (χ0n) is 10.9. The van der Waals surface area contributed by atoms with Crippen LogP contribution in [0.5, 0.6) is 0 Å². The second kappa shape index (κ2) is 6.43. The van der Waals surface area contributed by atoms with Crippen LogP contribution in [0.3, 0.4) is 0 Å². The van der Waals surface area contributed by atoms with E-state index in [0.717, 1.165) is 36.0 Å². The van der Waals surface area contributed by atoms with E-state index in [4.69, 9.17) is 9.26 Å². The summed E-state index contributed by atoms with van der Waals surface area (Å²) in [5, 5.41) is 7.25. The van der Waals surface area contributed by atoms with Gasteiger partial charge in [0.2, 0.25) is 5.82 Å². The predicted molar refractivity (Wildman–Crippen MR) is 75.9 cm³/mol. The van der Waals surface area contributed by atoms with E-state index in [1.54, 1.807) is 12.4 Å². The maximum Gasteiger partial charge on any atom is 0.252 e. The molecular weight excluding hydrogens is 324 g/mol. The molecule has 3 heterocycles. The number of ether oxygens (including phenoxy) is 1. The molecule has 7 heteroatoms. The number of hydrogen-bond donors (Lipinski definition) is 1. The van der Waals surface area contributed by atoms with Gasteiger partial charge in [-0.05, 0) is 47.9 Å². The average Bonchev–Trinajstić information content (AvgIpc) is 2.95. The lowest BCUT2D eigenvalue weighted by Crippen LogP contribution is -2.32. The van der Waals surface area contributed by atoms with Crippen LogP contribution in [-0.2, 0) is 11.3 Å². The molecule has 0 bridgehead atoms. The lowest BCUT2D eigenvalue weighted by atomic mass is 10.1. The van der Waals surface area contributed by atoms with Crippen molar-refractivity contribution in [2.45, 2.75) is 25.6 Å². The predicted octanol–water partition coefficient (Wildman–Crippen LogP) is 2.16. The number of rotatable bonds is 4. The summed E-state index contributed by atoms with van der Waals surface area (Å²) in [7, 11) is 0. The van der Waals surface area contributed by atoms with Gasteiger partial charge in [0.15, 0.2) is 0 Å². The number of pyridine rings is 1. The minimum atomic E-state index is 0.277. The highest BCUT2D eigenvalue weighted by Crippen LogP contribution is 2.19. The van der Waals surface area contributed by atoms with Crippen molar-refractivity contribution in [3.63, 3.8) is 0 Å². The Bertz CT molecular complexity index is 569. The Morgan fingerprint density at radius 3 is 3.00 bits per heavy atom. The first-order valence-corrected chi connectivity index (χ1v) is 7.36. The summed E-state index contributed by atoms with van der Waals surface area (Å²) >= 11 is 3.37. The first kappa shape index (κ1) is 13.7. The SMILES string of the molecule is Brc1cncc(-c2noc(COC3CCNCC3)n2)c1. The third-order valence-corrected chi connectivity index (χ3v) is 3.59. The Labute approximate surface area is 125 Å². The van der Waals surface area contributed by atoms with Gasteiger partial charge in [-0.1, -0.05) is 5.16 Å². The summed E-state index contributed by atoms with van der Waals surface area (Å²) in [5.41, 5.74) is 0.816. The molecule has 0 atom stereocenters. The minimum Gasteiger partial charge on any atom is -0.368 e. The van der Waals surface area contributed by atoms with Crippen LogP contribution >= 0.6 is 15.9 Å². The maximum absolute atomic E-state index is 5.78. The number of piperidine rings is 1. The average molecular weight is 339 g/mol. The molecule has 0 spiro atoms. The number of halogens is 1. The van der Waals surface area contributed by atoms with Crippen molar-refractivity contribution in [2.24, 2.45) is 0 Å². The van der Waals surface area contributed by atoms with Gasteiger partial charge < -0.3 is 14.6 Å². The van der Waals surface area contributed by atoms with Crippen molar-refractivity contribution in [3.05, 3.63) is 28.8 Å². The molecule has 0 aliphatic carbocycles. The van der Waals surface area contributed by atoms with E-state index in [0.29, 0.717) is 18.3 Å². The fourth-order valence-corrected chi connectivity index (χ4v) is 2.48. The minimum absolute atomic E-state index is 0.277. The molecule has 6 nitrogen and oxygen atoms in total. The second-order valence-electron chi connectivity index (χ2n) is 4.66. The van der Waals surface area contributed by atoms with E-state index in [-0.39, 0.29) is 6.10 Å². The van der Waals surface area contributed by atoms with E-state index >= 15 is 0 Å². The lowest BCUT2D eigenvalue weighted by Gasteiger charge is -2.21. The van der Waals surface area contributed by atoms with Crippen LogP contribution in [0.2, 0.25) is 0 Å². The fraction of sp³-hybridized carbons (Fsp3) is 0.462. The van der Waals surface area contributed by atoms with Crippen LogP contribution in [0.4, 0.5) is 0 Å². The van der Waals surface area contributed by atoms with Crippen LogP contribution in [0.1, 0.15) is 18.7 Å². The monoisotopic (exact) mass is 338 g/mol. The first-order valence-electron chi connectivity index (χ1n) is 6.57. The summed E-state index contributed by atoms with van der Waals surface area (Å²) in [6.45, 7) is 2.37. The van der Waals surface area contributed by atoms with Gasteiger partial charge in [-0.2, -0.15) is 4.98 Å². The summed E-state index contributed by atoms with van der Waals surface area (Å²) < 4.78 is 11.9. The van der Waals surface area contributed by atoms with Crippen LogP contribution in [-0.4, -0.2) is 34.3 Å². The van der Waals surface area contributed by atoms with Gasteiger partial charge in [0.1, 0.15) is 6.61 Å². The number of aromatic nitrogens is 3. The molecule has 1 aliphatic heterocycles. The molecular formula is C13H15BrN4O2. The molecule has 0 amide bonds. The Balaban J connectivity index is 1.61. The molecule has 0 aromatic carbocycles. The first-order chi connectivity index (χ1) is 9.81. The summed E-state index contributed by atoms with van der Waals surface area (Å²) in [6, 6.07) is 1.90. The molecule has 2 aromatic rings. The van der Waals surface area contributed by atoms with E-state index < -0.39 is 0 Å². The standard InChI is InChI=1S/C13H15BrN4O2/c14-10-5-9(6-16-7-10)13-17-12(20-18-13)8-19-11-1-3-15-4-2-11/h5-7,11,15H,1-4,8H2. The van der Waals surface area contributed by atoms with Crippen molar-refractivity contribution in [1.29, 1.82) is 0 Å². The van der Waals surface area contributed by atoms with Crippen molar-refractivity contribution in [2.75, 3.05) is 13.1 Å². The van der Waals surface area contributed by atoms with Crippen LogP contribution in [0.15, 0.2) is 27.5 Å². The molecule has 1 saturated heterocycles. The van der Waals surface area contributed by atoms with Crippen molar-refractivity contribution in [1.82, 2.24) is 20.4 Å². The van der Waals surface area contributed by atoms with Crippen LogP contribution in [0.25, 0.3) is 11.4 Å². The highest BCUT2D eigenvalue weighted by molar-refractivity contribution is 9.10. The lowest BCUT2D eigenvalue weighted by molar-refractivity contribution is 0.00859. The van der Waals surface area contributed by atoms with Gasteiger partial charge in [0, 0.05) is 22.4 Å². The Hall–Kier alpha value is -1.31. The Morgan fingerprint density at radius 1 is 1.35 bits per heavy atom. The number of nitrogens with zero attached hydrogens (tertiary/aromatic N) is 3. The van der Waals surface area contributed by atoms with E-state index in [9.17, 15) is 0 Å². The number of nitrogens with one attached hydrogen (secondary N) is 1. The molecule has 0 radical (unpaired) electrons. The van der Waals surface area contributed by atoms with E-state index in [2.05, 4.69) is 36.4 Å². The van der Waals surface area contributed by atoms with Gasteiger partial charge in [0.05, 0.1) is 6.10 Å². The molecule has 0 unspecified atom stereocenters. The van der Waals surface area contributed by atoms with Gasteiger partial charge >= 0.3 is 0 Å². The summed E-state index contributed by atoms with van der Waals surface area (Å²) in [4.78, 5) is 8.41. The molecule has 106 valence electrons. The molecule has 20 heavy (non-hydrogen) atoms. The van der Waals surface area contributed by atoms with Crippen LogP contribution < -0.4 is 5.32 Å². The molecule has 1 fully saturated rings. The highest BCUT2D eigenvalue weighted by atomic mass is 79.9. The smallest absolute Gasteiger partial charge is 0.252 e. The van der Waals surface area contributed by atoms with Crippen molar-refractivity contribution < 1.29 is 9.26 Å². The van der Waals surface area contributed by atoms with Gasteiger partial charge in [0.25, 0.3) is 5.89 Å². The number of hydrogen-bond acceptors (Lipinski definition) is 6. The van der Waals surface area contributed by atoms with Gasteiger partial charge in [-0.3, -0.25) is 4.98 Å². The Kier molecular flexibility index (Phi) is 4.39. The molecule has 3 rings (SSSR count). The topological polar surface area (TPSA) is 73.1 Å². The molecule has 1 N–H and O–H groups in total. The van der Waals surface area contributed by atoms with Crippen LogP contribution in [0, 0.1) is 0 Å². The Morgan fingerprint density at radius 2 is 2.20 bits per heavy atom. The molecule has 0 saturated carbocycles. The largest absolute Gasteiger partial charge is 0.368 e. The second-order valence-corrected chi connectivity index (χ2v) is 5.58. The van der Waals surface area contributed by atoms with Gasteiger partial charge in [-0.15, -0.1) is 0 Å². The normalized spacial score (nSPS) is 16.4. The third kappa shape index (κ3) is 3.41. The zero-order valence-corrected chi connectivity index (χ0v) is 12.5. The molecule has 1 aliphatic rings. The van der Waals surface area contributed by atoms with Gasteiger partial charge in [-0.25, -0.2) is 0 Å². The fourth-order valence-electron chi connectivity index (χ4n) is 2.12. The summed E-state index contributed by atoms with van der Waals surface area (Å²) in [5.74, 6) is 1.03. The maximum atomic E-state index is 5.78. The quantitative estimate of drug-likeness (QED) is 0.920. The summed E-state index contributed by atoms with van der Waals surface area (Å²) in [6.07, 6.45) is 5.74. The third-order valence-electron chi connectivity index (χ3n) is 3.16. The molecule has 2 aromatic heterocycles. The van der Waals surface area contributed by atoms with E-state index in [1.807, 2.05) is 6.07 Å². The zero-order chi connectivity index (χ0) is 13.8. The van der Waals surface area contributed by atoms with Crippen molar-refractivity contribution in [3.8, 4) is 11.4 Å². The van der Waals surface area contributed by atoms with E-state index in [1.165, 1.54) is 0 Å².